The van der Waals surface area contributed by atoms with E-state index in [4.69, 9.17) is 0 Å². The number of hydrogen-bond donors (Lipinski definition) is 0. The molecule has 2 unspecified atom stereocenters. The molecule has 0 aromatic rings. The van der Waals surface area contributed by atoms with Crippen molar-refractivity contribution in [2.24, 2.45) is 0 Å². The van der Waals surface area contributed by atoms with Crippen LogP contribution in [-0.4, -0.2) is 15.4 Å². The second-order valence-corrected chi connectivity index (χ2v) is 3.91. The molecule has 0 aromatic heterocycles. The van der Waals surface area contributed by atoms with Gasteiger partial charge in [-0.05, 0) is 0 Å². The highest BCUT2D eigenvalue weighted by Gasteiger charge is 2.77. The molecule has 13 heavy (non-hydrogen) atoms. The van der Waals surface area contributed by atoms with Crippen LogP contribution in [0.1, 0.15) is 0 Å². The van der Waals surface area contributed by atoms with Crippen LogP contribution in [0.4, 0.5) is 22.0 Å². The molecule has 76 valence electrons. The van der Waals surface area contributed by atoms with Crippen molar-refractivity contribution in [2.45, 2.75) is 15.4 Å². The second-order valence-electron chi connectivity index (χ2n) is 2.35. The Morgan fingerprint density at radius 3 is 1.08 bits per heavy atom. The Balaban J connectivity index is 3.39. The smallest absolute Gasteiger partial charge is 0.215 e. The molecule has 0 radical (unpaired) electrons. The molecular weight excluding hydrogens is 261 g/mol. The van der Waals surface area contributed by atoms with Crippen LogP contribution in [0.2, 0.25) is 0 Å². The van der Waals surface area contributed by atoms with Crippen LogP contribution in [-0.2, 0) is 0 Å². The predicted octanol–water partition coefficient (Wildman–Crippen LogP) is 3.86. The molecule has 1 rings (SSSR count). The summed E-state index contributed by atoms with van der Waals surface area (Å²) in [6.07, 6.45) is 0. The first-order valence-electron chi connectivity index (χ1n) is 2.76. The quantitative estimate of drug-likeness (QED) is 0.459. The summed E-state index contributed by atoms with van der Waals surface area (Å²) in [7, 11) is 0. The summed E-state index contributed by atoms with van der Waals surface area (Å²) in [5.41, 5.74) is 0. The lowest BCUT2D eigenvalue weighted by Gasteiger charge is -2.26. The number of rotatable bonds is 0. The maximum atomic E-state index is 12.9. The minimum Gasteiger partial charge on any atom is -0.215 e. The number of hydrogen-bond acceptors (Lipinski definition) is 0. The van der Waals surface area contributed by atoms with Crippen LogP contribution in [0, 0.1) is 0 Å². The zero-order chi connectivity index (χ0) is 10.7. The van der Waals surface area contributed by atoms with Gasteiger partial charge in [-0.3, -0.25) is 0 Å². The number of alkyl halides is 6. The van der Waals surface area contributed by atoms with E-state index in [2.05, 4.69) is 34.8 Å². The van der Waals surface area contributed by atoms with Gasteiger partial charge in [0, 0.05) is 0 Å². The molecular formula is C5Cl3F5. The molecule has 0 aliphatic heterocycles. The van der Waals surface area contributed by atoms with Crippen LogP contribution in [0.5, 0.6) is 0 Å². The molecule has 0 heterocycles. The number of allylic oxidation sites excluding steroid dienone is 2. The standard InChI is InChI=1S/C5Cl3F5/c6-3(11)1(9)2(10)4(7,12)5(3,8)13. The minimum absolute atomic E-state index is 2.50. The van der Waals surface area contributed by atoms with Crippen molar-refractivity contribution in [1.82, 2.24) is 0 Å². The lowest BCUT2D eigenvalue weighted by atomic mass is 10.2. The van der Waals surface area contributed by atoms with Crippen molar-refractivity contribution in [3.05, 3.63) is 11.7 Å². The average Bonchev–Trinajstić information content (AvgIpc) is 2.05. The van der Waals surface area contributed by atoms with E-state index >= 15 is 0 Å². The van der Waals surface area contributed by atoms with Crippen molar-refractivity contribution in [2.75, 3.05) is 0 Å². The Labute approximate surface area is 84.2 Å². The SMILES string of the molecule is FC1=C(F)C(F)(Cl)C(F)(Cl)C1(F)Cl. The van der Waals surface area contributed by atoms with Crippen LogP contribution < -0.4 is 0 Å². The van der Waals surface area contributed by atoms with E-state index in [0.29, 0.717) is 0 Å². The summed E-state index contributed by atoms with van der Waals surface area (Å²) in [5.74, 6) is -4.99. The van der Waals surface area contributed by atoms with Crippen molar-refractivity contribution in [3.8, 4) is 0 Å². The largest absolute Gasteiger partial charge is 0.292 e. The molecule has 0 bridgehead atoms. The Bertz CT molecular complexity index is 256. The Hall–Kier alpha value is 0.260. The van der Waals surface area contributed by atoms with Gasteiger partial charge in [-0.15, -0.1) is 0 Å². The predicted molar refractivity (Wildman–Crippen MR) is 38.3 cm³/mol. The van der Waals surface area contributed by atoms with Gasteiger partial charge in [-0.25, -0.2) is 22.0 Å². The summed E-state index contributed by atoms with van der Waals surface area (Å²) in [6.45, 7) is 0. The van der Waals surface area contributed by atoms with Crippen molar-refractivity contribution >= 4 is 34.8 Å². The first kappa shape index (κ1) is 11.3. The van der Waals surface area contributed by atoms with Gasteiger partial charge in [-0.1, -0.05) is 34.8 Å². The first-order chi connectivity index (χ1) is 5.57. The molecule has 1 aliphatic rings. The molecule has 0 fully saturated rings. The Morgan fingerprint density at radius 1 is 0.769 bits per heavy atom. The molecule has 0 nitrogen and oxygen atoms in total. The monoisotopic (exact) mass is 260 g/mol. The highest BCUT2D eigenvalue weighted by Crippen LogP contribution is 2.63. The molecule has 0 amide bonds. The van der Waals surface area contributed by atoms with Crippen molar-refractivity contribution in [1.29, 1.82) is 0 Å². The maximum Gasteiger partial charge on any atom is 0.292 e. The molecule has 0 saturated heterocycles. The van der Waals surface area contributed by atoms with E-state index < -0.39 is 27.0 Å². The van der Waals surface area contributed by atoms with E-state index in [-0.39, 0.29) is 0 Å². The number of halogens is 8. The molecule has 0 spiro atoms. The normalized spacial score (nSPS) is 51.7. The summed E-state index contributed by atoms with van der Waals surface area (Å²) in [5, 5.41) is -12.5. The van der Waals surface area contributed by atoms with Crippen molar-refractivity contribution < 1.29 is 22.0 Å². The van der Waals surface area contributed by atoms with Gasteiger partial charge in [0.15, 0.2) is 11.7 Å². The molecule has 0 saturated carbocycles. The van der Waals surface area contributed by atoms with Crippen LogP contribution in [0.15, 0.2) is 11.7 Å². The van der Waals surface area contributed by atoms with Gasteiger partial charge >= 0.3 is 0 Å². The maximum absolute atomic E-state index is 12.9. The third kappa shape index (κ3) is 1.10. The highest BCUT2D eigenvalue weighted by atomic mass is 35.5. The van der Waals surface area contributed by atoms with Crippen LogP contribution >= 0.6 is 34.8 Å². The van der Waals surface area contributed by atoms with Gasteiger partial charge in [0.2, 0.25) is 0 Å². The zero-order valence-electron chi connectivity index (χ0n) is 5.52. The third-order valence-corrected chi connectivity index (χ3v) is 3.10. The molecule has 2 atom stereocenters. The highest BCUT2D eigenvalue weighted by molar-refractivity contribution is 6.41. The fourth-order valence-corrected chi connectivity index (χ4v) is 1.39. The summed E-state index contributed by atoms with van der Waals surface area (Å²) in [6, 6.07) is 0. The van der Waals surface area contributed by atoms with Crippen molar-refractivity contribution in [3.63, 3.8) is 0 Å². The van der Waals surface area contributed by atoms with E-state index in [1.807, 2.05) is 0 Å². The van der Waals surface area contributed by atoms with E-state index in [0.717, 1.165) is 0 Å². The molecule has 0 aromatic carbocycles. The van der Waals surface area contributed by atoms with Gasteiger partial charge in [0.05, 0.1) is 0 Å². The lowest BCUT2D eigenvalue weighted by molar-refractivity contribution is 0.0439. The zero-order valence-corrected chi connectivity index (χ0v) is 7.79. The van der Waals surface area contributed by atoms with E-state index in [9.17, 15) is 22.0 Å². The van der Waals surface area contributed by atoms with E-state index in [1.165, 1.54) is 0 Å². The minimum atomic E-state index is -4.22. The van der Waals surface area contributed by atoms with E-state index in [1.54, 1.807) is 0 Å². The molecule has 1 aliphatic carbocycles. The van der Waals surface area contributed by atoms with Crippen LogP contribution in [0.3, 0.4) is 0 Å². The van der Waals surface area contributed by atoms with Gasteiger partial charge in [0.25, 0.3) is 15.4 Å². The summed E-state index contributed by atoms with van der Waals surface area (Å²) >= 11 is 13.6. The first-order valence-corrected chi connectivity index (χ1v) is 3.90. The van der Waals surface area contributed by atoms with Gasteiger partial charge in [-0.2, -0.15) is 0 Å². The summed E-state index contributed by atoms with van der Waals surface area (Å²) < 4.78 is 63.3. The summed E-state index contributed by atoms with van der Waals surface area (Å²) in [4.78, 5) is 0. The molecule has 8 heteroatoms. The Morgan fingerprint density at radius 2 is 1.00 bits per heavy atom. The second kappa shape index (κ2) is 2.64. The average molecular weight is 261 g/mol. The fraction of sp³-hybridized carbons (Fsp3) is 0.600. The molecule has 0 N–H and O–H groups in total. The fourth-order valence-electron chi connectivity index (χ4n) is 0.749. The lowest BCUT2D eigenvalue weighted by Crippen LogP contribution is -2.46. The third-order valence-electron chi connectivity index (χ3n) is 1.53. The topological polar surface area (TPSA) is 0 Å². The Kier molecular flexibility index (Phi) is 2.30. The van der Waals surface area contributed by atoms with Crippen LogP contribution in [0.25, 0.3) is 0 Å². The van der Waals surface area contributed by atoms with Gasteiger partial charge < -0.3 is 0 Å². The van der Waals surface area contributed by atoms with Gasteiger partial charge in [0.1, 0.15) is 0 Å².